The maximum absolute atomic E-state index is 11.5. The fourth-order valence-electron chi connectivity index (χ4n) is 2.49. The maximum atomic E-state index is 11.5. The van der Waals surface area contributed by atoms with Crippen molar-refractivity contribution in [3.63, 3.8) is 0 Å². The number of piperidine rings is 1. The van der Waals surface area contributed by atoms with Crippen molar-refractivity contribution in [3.05, 3.63) is 35.4 Å². The van der Waals surface area contributed by atoms with Gasteiger partial charge in [-0.3, -0.25) is 10.1 Å². The molecule has 2 atom stereocenters. The second kappa shape index (κ2) is 5.32. The first kappa shape index (κ1) is 12.1. The van der Waals surface area contributed by atoms with Crippen molar-refractivity contribution in [3.8, 4) is 0 Å². The second-order valence-electron chi connectivity index (χ2n) is 4.58. The zero-order chi connectivity index (χ0) is 12.3. The highest BCUT2D eigenvalue weighted by atomic mass is 16.5. The van der Waals surface area contributed by atoms with Crippen LogP contribution in [0.3, 0.4) is 0 Å². The predicted molar refractivity (Wildman–Crippen MR) is 66.7 cm³/mol. The number of aryl methyl sites for hydroxylation is 1. The molecule has 0 amide bonds. The van der Waals surface area contributed by atoms with Crippen molar-refractivity contribution in [1.82, 2.24) is 5.32 Å². The van der Waals surface area contributed by atoms with Gasteiger partial charge in [0.25, 0.3) is 0 Å². The van der Waals surface area contributed by atoms with E-state index in [1.807, 2.05) is 12.1 Å². The van der Waals surface area contributed by atoms with E-state index in [0.717, 1.165) is 19.3 Å². The van der Waals surface area contributed by atoms with Gasteiger partial charge >= 0.3 is 5.97 Å². The number of carbonyl (C=O) groups excluding carboxylic acids is 1. The molecule has 92 valence electrons. The molecule has 1 N–H and O–H groups in total. The Bertz CT molecular complexity index is 403. The SMILES string of the molecule is COC(=O)C1CCCC(c2ccccc2C)N1. The minimum absolute atomic E-state index is 0.150. The summed E-state index contributed by atoms with van der Waals surface area (Å²) in [5.41, 5.74) is 2.57. The topological polar surface area (TPSA) is 38.3 Å². The van der Waals surface area contributed by atoms with Crippen LogP contribution in [0.2, 0.25) is 0 Å². The number of hydrogen-bond donors (Lipinski definition) is 1. The van der Waals surface area contributed by atoms with Gasteiger partial charge in [-0.05, 0) is 37.3 Å². The van der Waals surface area contributed by atoms with Gasteiger partial charge in [-0.1, -0.05) is 24.3 Å². The van der Waals surface area contributed by atoms with E-state index in [4.69, 9.17) is 4.74 Å². The van der Waals surface area contributed by atoms with Crippen LogP contribution in [0.25, 0.3) is 0 Å². The van der Waals surface area contributed by atoms with Gasteiger partial charge in [0.05, 0.1) is 7.11 Å². The third kappa shape index (κ3) is 2.67. The van der Waals surface area contributed by atoms with E-state index in [-0.39, 0.29) is 18.1 Å². The molecule has 2 rings (SSSR count). The normalized spacial score (nSPS) is 24.4. The molecule has 17 heavy (non-hydrogen) atoms. The summed E-state index contributed by atoms with van der Waals surface area (Å²) in [6.07, 6.45) is 3.01. The van der Waals surface area contributed by atoms with Crippen LogP contribution in [0, 0.1) is 6.92 Å². The Labute approximate surface area is 102 Å². The summed E-state index contributed by atoms with van der Waals surface area (Å²) in [6.45, 7) is 2.11. The summed E-state index contributed by atoms with van der Waals surface area (Å²) in [7, 11) is 1.45. The Morgan fingerprint density at radius 3 is 2.82 bits per heavy atom. The van der Waals surface area contributed by atoms with Gasteiger partial charge in [-0.25, -0.2) is 0 Å². The molecule has 2 unspecified atom stereocenters. The van der Waals surface area contributed by atoms with Gasteiger partial charge in [0, 0.05) is 6.04 Å². The first-order chi connectivity index (χ1) is 8.22. The number of benzene rings is 1. The summed E-state index contributed by atoms with van der Waals surface area (Å²) in [5.74, 6) is -0.150. The minimum atomic E-state index is -0.154. The van der Waals surface area contributed by atoms with E-state index >= 15 is 0 Å². The van der Waals surface area contributed by atoms with Gasteiger partial charge in [-0.15, -0.1) is 0 Å². The number of hydrogen-bond acceptors (Lipinski definition) is 3. The Balaban J connectivity index is 2.12. The third-order valence-electron chi connectivity index (χ3n) is 3.44. The average molecular weight is 233 g/mol. The van der Waals surface area contributed by atoms with Crippen molar-refractivity contribution in [2.75, 3.05) is 7.11 Å². The van der Waals surface area contributed by atoms with E-state index in [9.17, 15) is 4.79 Å². The molecule has 0 saturated carbocycles. The minimum Gasteiger partial charge on any atom is -0.468 e. The molecular weight excluding hydrogens is 214 g/mol. The Kier molecular flexibility index (Phi) is 3.79. The fraction of sp³-hybridized carbons (Fsp3) is 0.500. The number of carbonyl (C=O) groups is 1. The highest BCUT2D eigenvalue weighted by molar-refractivity contribution is 5.75. The van der Waals surface area contributed by atoms with Crippen molar-refractivity contribution in [2.45, 2.75) is 38.3 Å². The van der Waals surface area contributed by atoms with E-state index < -0.39 is 0 Å². The lowest BCUT2D eigenvalue weighted by Crippen LogP contribution is -2.43. The smallest absolute Gasteiger partial charge is 0.322 e. The fourth-order valence-corrected chi connectivity index (χ4v) is 2.49. The molecule has 1 heterocycles. The second-order valence-corrected chi connectivity index (χ2v) is 4.58. The van der Waals surface area contributed by atoms with Gasteiger partial charge in [0.15, 0.2) is 0 Å². The molecule has 0 bridgehead atoms. The summed E-state index contributed by atoms with van der Waals surface area (Å²) in [5, 5.41) is 3.39. The Morgan fingerprint density at radius 2 is 2.12 bits per heavy atom. The highest BCUT2D eigenvalue weighted by Gasteiger charge is 2.28. The number of esters is 1. The summed E-state index contributed by atoms with van der Waals surface area (Å²) >= 11 is 0. The Hall–Kier alpha value is -1.35. The van der Waals surface area contributed by atoms with Crippen LogP contribution in [0.1, 0.15) is 36.4 Å². The van der Waals surface area contributed by atoms with Crippen LogP contribution < -0.4 is 5.32 Å². The lowest BCUT2D eigenvalue weighted by atomic mass is 9.91. The average Bonchev–Trinajstić information content (AvgIpc) is 2.38. The van der Waals surface area contributed by atoms with Crippen LogP contribution in [-0.2, 0) is 9.53 Å². The number of rotatable bonds is 2. The molecule has 1 aliphatic rings. The molecule has 1 aliphatic heterocycles. The van der Waals surface area contributed by atoms with E-state index in [2.05, 4.69) is 24.4 Å². The molecule has 3 nitrogen and oxygen atoms in total. The first-order valence-corrected chi connectivity index (χ1v) is 6.12. The standard InChI is InChI=1S/C14H19NO2/c1-10-6-3-4-7-11(10)12-8-5-9-13(15-12)14(16)17-2/h3-4,6-7,12-13,15H,5,8-9H2,1-2H3. The van der Waals surface area contributed by atoms with Gasteiger partial charge in [-0.2, -0.15) is 0 Å². The van der Waals surface area contributed by atoms with Crippen LogP contribution in [-0.4, -0.2) is 19.1 Å². The summed E-state index contributed by atoms with van der Waals surface area (Å²) in [6, 6.07) is 8.45. The number of methoxy groups -OCH3 is 1. The number of ether oxygens (including phenoxy) is 1. The summed E-state index contributed by atoms with van der Waals surface area (Å²) < 4.78 is 4.80. The van der Waals surface area contributed by atoms with Crippen molar-refractivity contribution < 1.29 is 9.53 Å². The van der Waals surface area contributed by atoms with Crippen LogP contribution in [0.15, 0.2) is 24.3 Å². The molecular formula is C14H19NO2. The lowest BCUT2D eigenvalue weighted by molar-refractivity contribution is -0.144. The molecule has 0 spiro atoms. The summed E-state index contributed by atoms with van der Waals surface area (Å²) in [4.78, 5) is 11.5. The van der Waals surface area contributed by atoms with Crippen LogP contribution in [0.5, 0.6) is 0 Å². The van der Waals surface area contributed by atoms with Gasteiger partial charge in [0.1, 0.15) is 6.04 Å². The lowest BCUT2D eigenvalue weighted by Gasteiger charge is -2.30. The molecule has 1 saturated heterocycles. The quantitative estimate of drug-likeness (QED) is 0.797. The van der Waals surface area contributed by atoms with Gasteiger partial charge < -0.3 is 4.74 Å². The van der Waals surface area contributed by atoms with Crippen molar-refractivity contribution in [2.24, 2.45) is 0 Å². The van der Waals surface area contributed by atoms with Crippen molar-refractivity contribution >= 4 is 5.97 Å². The molecule has 0 aromatic heterocycles. The molecule has 0 aliphatic carbocycles. The van der Waals surface area contributed by atoms with E-state index in [1.165, 1.54) is 18.2 Å². The zero-order valence-electron chi connectivity index (χ0n) is 10.4. The first-order valence-electron chi connectivity index (χ1n) is 6.12. The zero-order valence-corrected chi connectivity index (χ0v) is 10.4. The monoisotopic (exact) mass is 233 g/mol. The van der Waals surface area contributed by atoms with E-state index in [0.29, 0.717) is 0 Å². The third-order valence-corrected chi connectivity index (χ3v) is 3.44. The number of nitrogens with one attached hydrogen (secondary N) is 1. The molecule has 1 aromatic rings. The molecule has 1 aromatic carbocycles. The molecule has 3 heteroatoms. The Morgan fingerprint density at radius 1 is 1.35 bits per heavy atom. The molecule has 0 radical (unpaired) electrons. The van der Waals surface area contributed by atoms with Crippen LogP contribution in [0.4, 0.5) is 0 Å². The highest BCUT2D eigenvalue weighted by Crippen LogP contribution is 2.27. The maximum Gasteiger partial charge on any atom is 0.322 e. The predicted octanol–water partition coefficient (Wildman–Crippen LogP) is 2.35. The van der Waals surface area contributed by atoms with E-state index in [1.54, 1.807) is 0 Å². The molecule has 1 fully saturated rings. The van der Waals surface area contributed by atoms with Crippen LogP contribution >= 0.6 is 0 Å². The van der Waals surface area contributed by atoms with Crippen molar-refractivity contribution in [1.29, 1.82) is 0 Å². The largest absolute Gasteiger partial charge is 0.468 e. The van der Waals surface area contributed by atoms with Gasteiger partial charge in [0.2, 0.25) is 0 Å².